The summed E-state index contributed by atoms with van der Waals surface area (Å²) in [5.74, 6) is -0.205. The van der Waals surface area contributed by atoms with Crippen LogP contribution in [0.5, 0.6) is 11.6 Å². The minimum absolute atomic E-state index is 0.0284. The van der Waals surface area contributed by atoms with Crippen LogP contribution in [0.1, 0.15) is 15.4 Å². The third-order valence-electron chi connectivity index (χ3n) is 3.56. The zero-order chi connectivity index (χ0) is 22.1. The van der Waals surface area contributed by atoms with Gasteiger partial charge in [0.2, 0.25) is 5.28 Å². The van der Waals surface area contributed by atoms with Crippen LogP contribution in [0.25, 0.3) is 11.4 Å². The predicted octanol–water partition coefficient (Wildman–Crippen LogP) is 4.14. The lowest BCUT2D eigenvalue weighted by atomic mass is 10.1. The number of aryl methyl sites for hydroxylation is 1. The Labute approximate surface area is 161 Å². The molecule has 0 aliphatic carbocycles. The van der Waals surface area contributed by atoms with Crippen molar-refractivity contribution in [3.63, 3.8) is 0 Å². The standard InChI is InChI=1S/C17H14ClF3N4O2/c1-25-8-13(17(19,20)21)23-14(25)11-5-3-10(4-6-11)9-27-15-12(26-2)7-22-16(18)24-15/h3-8H,9H2,1-2H3/i2D3. The summed E-state index contributed by atoms with van der Waals surface area (Å²) in [5, 5.41) is -0.159. The minimum Gasteiger partial charge on any atom is -0.490 e. The second-order valence-corrected chi connectivity index (χ2v) is 5.79. The molecule has 0 radical (unpaired) electrons. The Morgan fingerprint density at radius 1 is 1.22 bits per heavy atom. The maximum Gasteiger partial charge on any atom is 0.434 e. The fourth-order valence-electron chi connectivity index (χ4n) is 2.28. The molecule has 0 spiro atoms. The topological polar surface area (TPSA) is 62.1 Å². The molecule has 0 saturated heterocycles. The highest BCUT2D eigenvalue weighted by atomic mass is 35.5. The lowest BCUT2D eigenvalue weighted by molar-refractivity contribution is -0.140. The maximum absolute atomic E-state index is 12.8. The Hall–Kier alpha value is -2.81. The van der Waals surface area contributed by atoms with E-state index in [2.05, 4.69) is 15.0 Å². The van der Waals surface area contributed by atoms with Crippen LogP contribution in [0.4, 0.5) is 13.2 Å². The molecule has 2 aromatic heterocycles. The molecule has 142 valence electrons. The van der Waals surface area contributed by atoms with E-state index < -0.39 is 18.9 Å². The van der Waals surface area contributed by atoms with Gasteiger partial charge in [-0.25, -0.2) is 9.97 Å². The van der Waals surface area contributed by atoms with Crippen LogP contribution in [0.3, 0.4) is 0 Å². The molecule has 2 heterocycles. The van der Waals surface area contributed by atoms with Crippen molar-refractivity contribution >= 4 is 11.6 Å². The second-order valence-electron chi connectivity index (χ2n) is 5.45. The van der Waals surface area contributed by atoms with Crippen LogP contribution >= 0.6 is 11.6 Å². The molecule has 0 amide bonds. The van der Waals surface area contributed by atoms with E-state index in [4.69, 9.17) is 25.2 Å². The summed E-state index contributed by atoms with van der Waals surface area (Å²) in [6.45, 7) is -0.0284. The maximum atomic E-state index is 12.8. The van der Waals surface area contributed by atoms with Crippen LogP contribution in [0.2, 0.25) is 5.28 Å². The molecule has 3 rings (SSSR count). The largest absolute Gasteiger partial charge is 0.490 e. The Morgan fingerprint density at radius 2 is 1.96 bits per heavy atom. The highest BCUT2D eigenvalue weighted by molar-refractivity contribution is 6.28. The van der Waals surface area contributed by atoms with Gasteiger partial charge in [-0.15, -0.1) is 0 Å². The van der Waals surface area contributed by atoms with Crippen molar-refractivity contribution in [2.45, 2.75) is 12.8 Å². The smallest absolute Gasteiger partial charge is 0.434 e. The monoisotopic (exact) mass is 401 g/mol. The van der Waals surface area contributed by atoms with Crippen LogP contribution < -0.4 is 9.47 Å². The number of methoxy groups -OCH3 is 1. The molecule has 0 unspecified atom stereocenters. The summed E-state index contributed by atoms with van der Waals surface area (Å²) >= 11 is 5.72. The van der Waals surface area contributed by atoms with Gasteiger partial charge < -0.3 is 14.0 Å². The van der Waals surface area contributed by atoms with Crippen LogP contribution in [-0.4, -0.2) is 26.6 Å². The highest BCUT2D eigenvalue weighted by Crippen LogP contribution is 2.31. The number of nitrogens with zero attached hydrogens (tertiary/aromatic N) is 4. The third-order valence-corrected chi connectivity index (χ3v) is 3.74. The number of hydrogen-bond donors (Lipinski definition) is 0. The number of ether oxygens (including phenoxy) is 2. The fourth-order valence-corrected chi connectivity index (χ4v) is 2.41. The van der Waals surface area contributed by atoms with Crippen molar-refractivity contribution in [1.29, 1.82) is 0 Å². The van der Waals surface area contributed by atoms with Gasteiger partial charge in [0.15, 0.2) is 11.4 Å². The van der Waals surface area contributed by atoms with Crippen molar-refractivity contribution in [2.24, 2.45) is 7.05 Å². The molecular formula is C17H14ClF3N4O2. The molecule has 0 fully saturated rings. The SMILES string of the molecule is [2H]C([2H])([2H])Oc1cnc(Cl)nc1OCc1ccc(-c2nc(C(F)(F)F)cn2C)cc1. The zero-order valence-electron chi connectivity index (χ0n) is 16.8. The van der Waals surface area contributed by atoms with E-state index in [1.54, 1.807) is 24.3 Å². The number of imidazole rings is 1. The van der Waals surface area contributed by atoms with Gasteiger partial charge in [-0.2, -0.15) is 18.2 Å². The summed E-state index contributed by atoms with van der Waals surface area (Å²) in [5.41, 5.74) is 0.140. The summed E-state index contributed by atoms with van der Waals surface area (Å²) in [4.78, 5) is 11.1. The molecule has 0 N–H and O–H groups in total. The highest BCUT2D eigenvalue weighted by Gasteiger charge is 2.34. The normalized spacial score (nSPS) is 13.6. The Bertz CT molecular complexity index is 1040. The lowest BCUT2D eigenvalue weighted by Crippen LogP contribution is -2.04. The van der Waals surface area contributed by atoms with Gasteiger partial charge >= 0.3 is 6.18 Å². The number of halogens is 4. The quantitative estimate of drug-likeness (QED) is 0.601. The Balaban J connectivity index is 1.75. The molecule has 0 saturated carbocycles. The first-order valence-electron chi connectivity index (χ1n) is 8.96. The number of hydrogen-bond acceptors (Lipinski definition) is 5. The molecule has 6 nitrogen and oxygen atoms in total. The van der Waals surface area contributed by atoms with Gasteiger partial charge in [-0.1, -0.05) is 24.3 Å². The van der Waals surface area contributed by atoms with Crippen molar-refractivity contribution in [2.75, 3.05) is 7.04 Å². The molecular weight excluding hydrogens is 385 g/mol. The van der Waals surface area contributed by atoms with E-state index in [-0.39, 0.29) is 29.3 Å². The first kappa shape index (κ1) is 15.3. The van der Waals surface area contributed by atoms with Crippen LogP contribution in [0, 0.1) is 0 Å². The minimum atomic E-state index is -4.53. The average molecular weight is 402 g/mol. The molecule has 0 aliphatic heterocycles. The van der Waals surface area contributed by atoms with Gasteiger partial charge in [-0.05, 0) is 17.2 Å². The molecule has 1 aromatic carbocycles. The molecule has 10 heteroatoms. The van der Waals surface area contributed by atoms with Crippen molar-refractivity contribution in [3.8, 4) is 23.0 Å². The van der Waals surface area contributed by atoms with E-state index in [1.807, 2.05) is 0 Å². The van der Waals surface area contributed by atoms with Crippen molar-refractivity contribution in [3.05, 3.63) is 53.2 Å². The first-order valence-corrected chi connectivity index (χ1v) is 7.84. The molecule has 0 atom stereocenters. The second kappa shape index (κ2) is 7.43. The van der Waals surface area contributed by atoms with Crippen molar-refractivity contribution in [1.82, 2.24) is 19.5 Å². The summed E-state index contributed by atoms with van der Waals surface area (Å²) in [6, 6.07) is 6.44. The number of alkyl halides is 3. The summed E-state index contributed by atoms with van der Waals surface area (Å²) in [6.07, 6.45) is -2.53. The molecule has 0 bridgehead atoms. The van der Waals surface area contributed by atoms with E-state index in [0.29, 0.717) is 11.1 Å². The van der Waals surface area contributed by atoms with E-state index >= 15 is 0 Å². The number of rotatable bonds is 5. The van der Waals surface area contributed by atoms with Gasteiger partial charge in [-0.3, -0.25) is 0 Å². The fraction of sp³-hybridized carbons (Fsp3) is 0.235. The Morgan fingerprint density at radius 3 is 2.59 bits per heavy atom. The number of benzene rings is 1. The van der Waals surface area contributed by atoms with Gasteiger partial charge in [0.1, 0.15) is 12.4 Å². The van der Waals surface area contributed by atoms with Gasteiger partial charge in [0.25, 0.3) is 5.88 Å². The molecule has 0 aliphatic rings. The zero-order valence-corrected chi connectivity index (χ0v) is 14.5. The van der Waals surface area contributed by atoms with E-state index in [0.717, 1.165) is 12.4 Å². The predicted molar refractivity (Wildman–Crippen MR) is 91.6 cm³/mol. The van der Waals surface area contributed by atoms with Crippen LogP contribution in [0.15, 0.2) is 36.7 Å². The van der Waals surface area contributed by atoms with Gasteiger partial charge in [0.05, 0.1) is 17.3 Å². The van der Waals surface area contributed by atoms with Crippen LogP contribution in [-0.2, 0) is 19.8 Å². The lowest BCUT2D eigenvalue weighted by Gasteiger charge is -2.09. The average Bonchev–Trinajstić information content (AvgIpc) is 3.03. The Kier molecular flexibility index (Phi) is 4.20. The number of aromatic nitrogens is 4. The molecule has 27 heavy (non-hydrogen) atoms. The van der Waals surface area contributed by atoms with E-state index in [9.17, 15) is 13.2 Å². The third kappa shape index (κ3) is 4.30. The first-order chi connectivity index (χ1) is 13.9. The summed E-state index contributed by atoms with van der Waals surface area (Å²) < 4.78 is 71.5. The van der Waals surface area contributed by atoms with Crippen molar-refractivity contribution < 1.29 is 26.8 Å². The van der Waals surface area contributed by atoms with E-state index in [1.165, 1.54) is 11.6 Å². The van der Waals surface area contributed by atoms with Gasteiger partial charge in [0, 0.05) is 18.8 Å². The molecule has 3 aromatic rings. The summed E-state index contributed by atoms with van der Waals surface area (Å²) in [7, 11) is -1.26.